The molecule has 0 amide bonds. The molecule has 0 bridgehead atoms. The van der Waals surface area contributed by atoms with Crippen LogP contribution < -0.4 is 5.56 Å². The second kappa shape index (κ2) is 6.25. The van der Waals surface area contributed by atoms with Gasteiger partial charge in [0.15, 0.2) is 6.29 Å². The Morgan fingerprint density at radius 1 is 1.30 bits per heavy atom. The molecule has 0 unspecified atom stereocenters. The van der Waals surface area contributed by atoms with Crippen LogP contribution in [0.1, 0.15) is 15.9 Å². The lowest BCUT2D eigenvalue weighted by molar-refractivity contribution is 0.112. The van der Waals surface area contributed by atoms with E-state index < -0.39 is 5.56 Å². The van der Waals surface area contributed by atoms with Crippen LogP contribution in [-0.4, -0.2) is 29.8 Å². The summed E-state index contributed by atoms with van der Waals surface area (Å²) in [7, 11) is 1.55. The van der Waals surface area contributed by atoms with Gasteiger partial charge in [-0.15, -0.1) is 0 Å². The highest BCUT2D eigenvalue weighted by Gasteiger charge is 2.09. The number of aldehydes is 1. The van der Waals surface area contributed by atoms with Gasteiger partial charge in [0.25, 0.3) is 5.56 Å². The summed E-state index contributed by atoms with van der Waals surface area (Å²) in [5.41, 5.74) is 2.31. The summed E-state index contributed by atoms with van der Waals surface area (Å²) < 4.78 is 6.21. The zero-order valence-corrected chi connectivity index (χ0v) is 11.5. The van der Waals surface area contributed by atoms with Crippen molar-refractivity contribution in [1.29, 1.82) is 0 Å². The largest absolute Gasteiger partial charge is 0.383 e. The fraction of sp³-hybridized carbons (Fsp3) is 0.267. The highest BCUT2D eigenvalue weighted by molar-refractivity contribution is 5.76. The molecule has 0 N–H and O–H groups in total. The van der Waals surface area contributed by atoms with E-state index in [4.69, 9.17) is 4.74 Å². The molecule has 0 aliphatic rings. The Hall–Kier alpha value is -2.27. The number of benzene rings is 1. The summed E-state index contributed by atoms with van der Waals surface area (Å²) in [5, 5.41) is 4.28. The fourth-order valence-corrected chi connectivity index (χ4v) is 1.84. The predicted octanol–water partition coefficient (Wildman–Crippen LogP) is 1.68. The Balaban J connectivity index is 2.50. The summed E-state index contributed by atoms with van der Waals surface area (Å²) in [6.07, 6.45) is 0.561. The monoisotopic (exact) mass is 272 g/mol. The number of aromatic nitrogens is 2. The predicted molar refractivity (Wildman–Crippen MR) is 75.9 cm³/mol. The van der Waals surface area contributed by atoms with Crippen molar-refractivity contribution in [2.24, 2.45) is 0 Å². The van der Waals surface area contributed by atoms with Crippen molar-refractivity contribution in [2.75, 3.05) is 13.7 Å². The van der Waals surface area contributed by atoms with Crippen molar-refractivity contribution < 1.29 is 9.53 Å². The van der Waals surface area contributed by atoms with Gasteiger partial charge in [0, 0.05) is 12.7 Å². The second-order valence-corrected chi connectivity index (χ2v) is 4.49. The quantitative estimate of drug-likeness (QED) is 0.777. The van der Waals surface area contributed by atoms with Gasteiger partial charge in [-0.3, -0.25) is 9.59 Å². The van der Waals surface area contributed by atoms with Gasteiger partial charge in [0.05, 0.1) is 24.4 Å². The number of hydrogen-bond acceptors (Lipinski definition) is 4. The molecule has 5 nitrogen and oxygen atoms in total. The number of methoxy groups -OCH3 is 1. The molecule has 0 saturated heterocycles. The summed E-state index contributed by atoms with van der Waals surface area (Å²) in [5.74, 6) is 0. The number of rotatable bonds is 5. The highest BCUT2D eigenvalue weighted by Crippen LogP contribution is 2.16. The van der Waals surface area contributed by atoms with E-state index in [2.05, 4.69) is 5.10 Å². The van der Waals surface area contributed by atoms with Gasteiger partial charge in [-0.25, -0.2) is 4.68 Å². The third-order valence-corrected chi connectivity index (χ3v) is 2.98. The van der Waals surface area contributed by atoms with Crippen LogP contribution in [0.3, 0.4) is 0 Å². The zero-order chi connectivity index (χ0) is 14.5. The van der Waals surface area contributed by atoms with Crippen LogP contribution in [0.25, 0.3) is 11.3 Å². The van der Waals surface area contributed by atoms with E-state index in [0.29, 0.717) is 25.1 Å². The first-order valence-corrected chi connectivity index (χ1v) is 6.29. The molecule has 2 aromatic rings. The molecule has 0 fully saturated rings. The topological polar surface area (TPSA) is 61.2 Å². The Labute approximate surface area is 116 Å². The van der Waals surface area contributed by atoms with Crippen LogP contribution in [-0.2, 0) is 11.3 Å². The van der Waals surface area contributed by atoms with Crippen LogP contribution in [0.4, 0.5) is 0 Å². The molecule has 104 valence electrons. The minimum absolute atomic E-state index is 0.103. The molecule has 0 spiro atoms. The Bertz CT molecular complexity index is 660. The molecule has 0 aliphatic carbocycles. The molecule has 2 rings (SSSR count). The number of hydrogen-bond donors (Lipinski definition) is 0. The number of carbonyl (C=O) groups excluding carboxylic acids is 1. The average Bonchev–Trinajstić information content (AvgIpc) is 2.47. The molecule has 0 saturated carbocycles. The van der Waals surface area contributed by atoms with Gasteiger partial charge in [0.2, 0.25) is 0 Å². The molecule has 0 atom stereocenters. The second-order valence-electron chi connectivity index (χ2n) is 4.49. The van der Waals surface area contributed by atoms with Crippen LogP contribution in [0.15, 0.2) is 35.1 Å². The van der Waals surface area contributed by atoms with Gasteiger partial charge >= 0.3 is 0 Å². The third kappa shape index (κ3) is 3.00. The maximum absolute atomic E-state index is 12.0. The summed E-state index contributed by atoms with van der Waals surface area (Å²) in [4.78, 5) is 23.0. The van der Waals surface area contributed by atoms with Gasteiger partial charge in [-0.05, 0) is 13.0 Å². The van der Waals surface area contributed by atoms with E-state index in [-0.39, 0.29) is 5.56 Å². The number of nitrogens with zero attached hydrogens (tertiary/aromatic N) is 2. The van der Waals surface area contributed by atoms with E-state index in [1.165, 1.54) is 10.7 Å². The Morgan fingerprint density at radius 3 is 2.60 bits per heavy atom. The summed E-state index contributed by atoms with van der Waals surface area (Å²) in [6.45, 7) is 2.67. The van der Waals surface area contributed by atoms with Gasteiger partial charge in [-0.1, -0.05) is 29.8 Å². The van der Waals surface area contributed by atoms with Crippen molar-refractivity contribution in [3.05, 3.63) is 51.8 Å². The Morgan fingerprint density at radius 2 is 2.00 bits per heavy atom. The van der Waals surface area contributed by atoms with Crippen molar-refractivity contribution >= 4 is 6.29 Å². The third-order valence-electron chi connectivity index (χ3n) is 2.98. The zero-order valence-electron chi connectivity index (χ0n) is 11.5. The molecule has 20 heavy (non-hydrogen) atoms. The first-order chi connectivity index (χ1) is 9.65. The smallest absolute Gasteiger partial charge is 0.277 e. The van der Waals surface area contributed by atoms with Gasteiger partial charge < -0.3 is 4.74 Å². The maximum atomic E-state index is 12.0. The first kappa shape index (κ1) is 14.1. The van der Waals surface area contributed by atoms with Crippen molar-refractivity contribution in [3.63, 3.8) is 0 Å². The van der Waals surface area contributed by atoms with Gasteiger partial charge in [0.1, 0.15) is 0 Å². The van der Waals surface area contributed by atoms with Crippen LogP contribution >= 0.6 is 0 Å². The first-order valence-electron chi connectivity index (χ1n) is 6.29. The fourth-order valence-electron chi connectivity index (χ4n) is 1.84. The van der Waals surface area contributed by atoms with Crippen LogP contribution in [0, 0.1) is 6.92 Å². The number of carbonyl (C=O) groups is 1. The lowest BCUT2D eigenvalue weighted by Gasteiger charge is -2.08. The molecule has 0 aliphatic heterocycles. The van der Waals surface area contributed by atoms with Crippen LogP contribution in [0.5, 0.6) is 0 Å². The molecule has 1 aromatic carbocycles. The van der Waals surface area contributed by atoms with E-state index in [0.717, 1.165) is 11.1 Å². The number of ether oxygens (including phenoxy) is 1. The lowest BCUT2D eigenvalue weighted by atomic mass is 10.1. The minimum atomic E-state index is -0.395. The molecule has 5 heteroatoms. The Kier molecular flexibility index (Phi) is 4.42. The normalized spacial score (nSPS) is 10.5. The molecule has 1 heterocycles. The average molecular weight is 272 g/mol. The van der Waals surface area contributed by atoms with Crippen LogP contribution in [0.2, 0.25) is 0 Å². The van der Waals surface area contributed by atoms with E-state index in [1.54, 1.807) is 7.11 Å². The number of aryl methyl sites for hydroxylation is 1. The summed E-state index contributed by atoms with van der Waals surface area (Å²) >= 11 is 0. The molecule has 0 radical (unpaired) electrons. The summed E-state index contributed by atoms with van der Waals surface area (Å²) in [6, 6.07) is 9.27. The lowest BCUT2D eigenvalue weighted by Crippen LogP contribution is -2.28. The maximum Gasteiger partial charge on any atom is 0.277 e. The van der Waals surface area contributed by atoms with Crippen molar-refractivity contribution in [3.8, 4) is 11.3 Å². The van der Waals surface area contributed by atoms with Crippen molar-refractivity contribution in [2.45, 2.75) is 13.5 Å². The SMILES string of the molecule is COCCn1nc(-c2ccc(C)cc2)cc(C=O)c1=O. The van der Waals surface area contributed by atoms with E-state index in [1.807, 2.05) is 31.2 Å². The van der Waals surface area contributed by atoms with E-state index >= 15 is 0 Å². The minimum Gasteiger partial charge on any atom is -0.383 e. The highest BCUT2D eigenvalue weighted by atomic mass is 16.5. The van der Waals surface area contributed by atoms with Gasteiger partial charge in [-0.2, -0.15) is 5.10 Å². The molecule has 1 aromatic heterocycles. The van der Waals surface area contributed by atoms with E-state index in [9.17, 15) is 9.59 Å². The standard InChI is InChI=1S/C15H16N2O3/c1-11-3-5-12(6-4-11)14-9-13(10-18)15(19)17(16-14)7-8-20-2/h3-6,9-10H,7-8H2,1-2H3. The molecular formula is C15H16N2O3. The molecular weight excluding hydrogens is 256 g/mol. The van der Waals surface area contributed by atoms with Crippen molar-refractivity contribution in [1.82, 2.24) is 9.78 Å².